The van der Waals surface area contributed by atoms with Crippen LogP contribution in [0.2, 0.25) is 0 Å². The van der Waals surface area contributed by atoms with Gasteiger partial charge in [0, 0.05) is 16.9 Å². The Morgan fingerprint density at radius 2 is 2.30 bits per heavy atom. The van der Waals surface area contributed by atoms with E-state index in [1.54, 1.807) is 17.8 Å². The van der Waals surface area contributed by atoms with E-state index in [9.17, 15) is 9.18 Å². The Morgan fingerprint density at radius 1 is 1.55 bits per heavy atom. The Bertz CT molecular complexity index is 573. The standard InChI is InChI=1S/C15H17FN2OS/c1-20-15(6-7-15)10-18-14(19)12-5-4-11(3-2-8-17)9-13(12)16/h4-5,9H,6-8,10,17H2,1H3,(H,18,19). The molecule has 1 aliphatic rings. The maximum absolute atomic E-state index is 13.9. The van der Waals surface area contributed by atoms with Gasteiger partial charge in [0.15, 0.2) is 0 Å². The van der Waals surface area contributed by atoms with Crippen LogP contribution in [0, 0.1) is 17.7 Å². The largest absolute Gasteiger partial charge is 0.351 e. The first-order valence-corrected chi connectivity index (χ1v) is 7.64. The molecule has 1 fully saturated rings. The van der Waals surface area contributed by atoms with Gasteiger partial charge in [0.2, 0.25) is 0 Å². The lowest BCUT2D eigenvalue weighted by Crippen LogP contribution is -2.32. The molecule has 106 valence electrons. The number of nitrogens with two attached hydrogens (primary N) is 1. The summed E-state index contributed by atoms with van der Waals surface area (Å²) in [7, 11) is 0. The topological polar surface area (TPSA) is 55.1 Å². The predicted molar refractivity (Wildman–Crippen MR) is 80.1 cm³/mol. The van der Waals surface area contributed by atoms with Gasteiger partial charge in [-0.3, -0.25) is 4.79 Å². The summed E-state index contributed by atoms with van der Waals surface area (Å²) in [5, 5.41) is 2.80. The van der Waals surface area contributed by atoms with Crippen molar-refractivity contribution in [1.29, 1.82) is 0 Å². The molecule has 0 radical (unpaired) electrons. The van der Waals surface area contributed by atoms with E-state index in [4.69, 9.17) is 5.73 Å². The number of hydrogen-bond donors (Lipinski definition) is 2. The Labute approximate surface area is 122 Å². The Morgan fingerprint density at radius 3 is 2.85 bits per heavy atom. The van der Waals surface area contributed by atoms with E-state index in [0.717, 1.165) is 12.8 Å². The molecule has 20 heavy (non-hydrogen) atoms. The van der Waals surface area contributed by atoms with Crippen LogP contribution in [0.3, 0.4) is 0 Å². The fourth-order valence-electron chi connectivity index (χ4n) is 1.86. The van der Waals surface area contributed by atoms with Gasteiger partial charge in [-0.1, -0.05) is 11.8 Å². The second-order valence-electron chi connectivity index (χ2n) is 4.77. The van der Waals surface area contributed by atoms with E-state index in [2.05, 4.69) is 17.2 Å². The molecular weight excluding hydrogens is 275 g/mol. The van der Waals surface area contributed by atoms with Gasteiger partial charge in [0.05, 0.1) is 12.1 Å². The molecule has 1 aromatic carbocycles. The molecule has 0 aromatic heterocycles. The number of hydrogen-bond acceptors (Lipinski definition) is 3. The molecule has 1 aromatic rings. The third-order valence-electron chi connectivity index (χ3n) is 3.36. The van der Waals surface area contributed by atoms with Crippen molar-refractivity contribution >= 4 is 17.7 Å². The SMILES string of the molecule is CSC1(CNC(=O)c2ccc(C#CCN)cc2F)CC1. The van der Waals surface area contributed by atoms with Crippen LogP contribution >= 0.6 is 11.8 Å². The molecule has 0 atom stereocenters. The van der Waals surface area contributed by atoms with E-state index >= 15 is 0 Å². The Hall–Kier alpha value is -1.51. The summed E-state index contributed by atoms with van der Waals surface area (Å²) < 4.78 is 14.0. The highest BCUT2D eigenvalue weighted by molar-refractivity contribution is 8.00. The molecule has 0 heterocycles. The van der Waals surface area contributed by atoms with Crippen molar-refractivity contribution < 1.29 is 9.18 Å². The molecule has 0 bridgehead atoms. The number of carbonyl (C=O) groups excluding carboxylic acids is 1. The average molecular weight is 292 g/mol. The van der Waals surface area contributed by atoms with Crippen LogP contribution in [0.1, 0.15) is 28.8 Å². The van der Waals surface area contributed by atoms with Crippen LogP contribution in [0.5, 0.6) is 0 Å². The predicted octanol–water partition coefficient (Wildman–Crippen LogP) is 1.76. The third-order valence-corrected chi connectivity index (χ3v) is 4.78. The second kappa shape index (κ2) is 6.29. The zero-order valence-corrected chi connectivity index (χ0v) is 12.1. The molecular formula is C15H17FN2OS. The van der Waals surface area contributed by atoms with Crippen molar-refractivity contribution in [2.45, 2.75) is 17.6 Å². The van der Waals surface area contributed by atoms with Crippen molar-refractivity contribution in [1.82, 2.24) is 5.32 Å². The molecule has 0 aliphatic heterocycles. The van der Waals surface area contributed by atoms with E-state index in [0.29, 0.717) is 12.1 Å². The normalized spacial score (nSPS) is 15.2. The van der Waals surface area contributed by atoms with Crippen molar-refractivity contribution in [3.05, 3.63) is 35.1 Å². The molecule has 2 rings (SSSR count). The van der Waals surface area contributed by atoms with Gasteiger partial charge in [-0.05, 0) is 37.3 Å². The second-order valence-corrected chi connectivity index (χ2v) is 6.04. The lowest BCUT2D eigenvalue weighted by molar-refractivity contribution is 0.0949. The van der Waals surface area contributed by atoms with Gasteiger partial charge < -0.3 is 11.1 Å². The molecule has 0 saturated heterocycles. The lowest BCUT2D eigenvalue weighted by Gasteiger charge is -2.13. The number of benzene rings is 1. The summed E-state index contributed by atoms with van der Waals surface area (Å²) in [5.41, 5.74) is 5.83. The summed E-state index contributed by atoms with van der Waals surface area (Å²) in [6, 6.07) is 4.35. The Kier molecular flexibility index (Phi) is 4.69. The van der Waals surface area contributed by atoms with Gasteiger partial charge in [0.25, 0.3) is 5.91 Å². The molecule has 5 heteroatoms. The summed E-state index contributed by atoms with van der Waals surface area (Å²) >= 11 is 1.75. The summed E-state index contributed by atoms with van der Waals surface area (Å²) in [4.78, 5) is 12.0. The van der Waals surface area contributed by atoms with Gasteiger partial charge in [-0.2, -0.15) is 11.8 Å². The summed E-state index contributed by atoms with van der Waals surface area (Å²) in [6.45, 7) is 0.807. The van der Waals surface area contributed by atoms with Crippen LogP contribution in [0.25, 0.3) is 0 Å². The molecule has 3 nitrogen and oxygen atoms in total. The van der Waals surface area contributed by atoms with E-state index < -0.39 is 5.82 Å². The van der Waals surface area contributed by atoms with E-state index in [1.165, 1.54) is 12.1 Å². The maximum Gasteiger partial charge on any atom is 0.254 e. The number of nitrogens with one attached hydrogen (secondary N) is 1. The van der Waals surface area contributed by atoms with Gasteiger partial charge >= 0.3 is 0 Å². The van der Waals surface area contributed by atoms with Gasteiger partial charge in [-0.25, -0.2) is 4.39 Å². The molecule has 0 spiro atoms. The fraction of sp³-hybridized carbons (Fsp3) is 0.400. The quantitative estimate of drug-likeness (QED) is 0.832. The van der Waals surface area contributed by atoms with Crippen molar-refractivity contribution in [2.75, 3.05) is 19.3 Å². The van der Waals surface area contributed by atoms with Gasteiger partial charge in [-0.15, -0.1) is 0 Å². The minimum absolute atomic E-state index is 0.0557. The molecule has 1 saturated carbocycles. The minimum atomic E-state index is -0.555. The van der Waals surface area contributed by atoms with Crippen molar-refractivity contribution in [2.24, 2.45) is 5.73 Å². The third kappa shape index (κ3) is 3.53. The molecule has 0 unspecified atom stereocenters. The highest BCUT2D eigenvalue weighted by Gasteiger charge is 2.42. The zero-order chi connectivity index (χ0) is 14.6. The van der Waals surface area contributed by atoms with Crippen LogP contribution in [-0.4, -0.2) is 30.0 Å². The smallest absolute Gasteiger partial charge is 0.254 e. The minimum Gasteiger partial charge on any atom is -0.351 e. The van der Waals surface area contributed by atoms with Gasteiger partial charge in [0.1, 0.15) is 5.82 Å². The maximum atomic E-state index is 13.9. The number of rotatable bonds is 4. The molecule has 1 amide bonds. The van der Waals surface area contributed by atoms with Crippen LogP contribution in [-0.2, 0) is 0 Å². The first-order chi connectivity index (χ1) is 9.60. The number of carbonyl (C=O) groups is 1. The fourth-order valence-corrected chi connectivity index (χ4v) is 2.59. The lowest BCUT2D eigenvalue weighted by atomic mass is 10.1. The highest BCUT2D eigenvalue weighted by Crippen LogP contribution is 2.46. The zero-order valence-electron chi connectivity index (χ0n) is 11.3. The van der Waals surface area contributed by atoms with Crippen molar-refractivity contribution in [3.8, 4) is 11.8 Å². The molecule has 1 aliphatic carbocycles. The highest BCUT2D eigenvalue weighted by atomic mass is 32.2. The van der Waals surface area contributed by atoms with Crippen molar-refractivity contribution in [3.63, 3.8) is 0 Å². The van der Waals surface area contributed by atoms with Crippen LogP contribution in [0.15, 0.2) is 18.2 Å². The molecule has 3 N–H and O–H groups in total. The van der Waals surface area contributed by atoms with E-state index in [1.807, 2.05) is 6.26 Å². The first kappa shape index (κ1) is 14.9. The summed E-state index contributed by atoms with van der Waals surface area (Å²) in [5.74, 6) is 4.46. The van der Waals surface area contributed by atoms with Crippen LogP contribution < -0.4 is 11.1 Å². The Balaban J connectivity index is 2.03. The average Bonchev–Trinajstić information content (AvgIpc) is 3.23. The van der Waals surface area contributed by atoms with E-state index in [-0.39, 0.29) is 22.8 Å². The summed E-state index contributed by atoms with van der Waals surface area (Å²) in [6.07, 6.45) is 4.24. The number of thioether (sulfide) groups is 1. The number of amides is 1. The monoisotopic (exact) mass is 292 g/mol. The number of halogens is 1. The van der Waals surface area contributed by atoms with Crippen LogP contribution in [0.4, 0.5) is 4.39 Å². The first-order valence-electron chi connectivity index (χ1n) is 6.42.